The second-order valence-electron chi connectivity index (χ2n) is 19.7. The second kappa shape index (κ2) is 17.7. The first-order chi connectivity index (χ1) is 21.9. The maximum atomic E-state index is 7.59. The van der Waals surface area contributed by atoms with Gasteiger partial charge in [0.25, 0.3) is 0 Å². The summed E-state index contributed by atoms with van der Waals surface area (Å²) in [6.45, 7) is 45.2. The molecule has 0 radical (unpaired) electrons. The first-order valence-corrected chi connectivity index (χ1v) is 47.0. The van der Waals surface area contributed by atoms with Gasteiger partial charge in [0.1, 0.15) is 0 Å². The van der Waals surface area contributed by atoms with Crippen LogP contribution >= 0.6 is 0 Å². The van der Waals surface area contributed by atoms with E-state index >= 15 is 0 Å². The molecule has 19 heteroatoms. The van der Waals surface area contributed by atoms with Gasteiger partial charge in [0, 0.05) is 6.04 Å². The minimum Gasteiger partial charge on any atom is -0.417 e. The lowest BCUT2D eigenvalue weighted by Gasteiger charge is -2.49. The van der Waals surface area contributed by atoms with Gasteiger partial charge in [-0.15, -0.1) is 0 Å². The van der Waals surface area contributed by atoms with Crippen molar-refractivity contribution >= 4 is 91.2 Å². The van der Waals surface area contributed by atoms with E-state index in [-0.39, 0.29) is 0 Å². The van der Waals surface area contributed by atoms with Crippen molar-refractivity contribution in [1.82, 2.24) is 0 Å². The molecule has 0 spiro atoms. The van der Waals surface area contributed by atoms with Crippen molar-refractivity contribution in [2.45, 2.75) is 150 Å². The fourth-order valence-electron chi connectivity index (χ4n) is 4.66. The average Bonchev–Trinajstić information content (AvgIpc) is 2.73. The van der Waals surface area contributed by atoms with Gasteiger partial charge >= 0.3 is 26.9 Å². The molecule has 0 N–H and O–H groups in total. The third-order valence-corrected chi connectivity index (χ3v) is 35.1. The van der Waals surface area contributed by atoms with Crippen LogP contribution in [-0.2, 0) is 37.0 Å². The summed E-state index contributed by atoms with van der Waals surface area (Å²) in [4.78, 5) is 0. The molecule has 1 aromatic carbocycles. The molecule has 292 valence electrons. The molecule has 0 saturated carbocycles. The number of rotatable bonds is 22. The Bertz CT molecular complexity index is 1130. The summed E-state index contributed by atoms with van der Waals surface area (Å²) in [5.74, 6) is 0. The van der Waals surface area contributed by atoms with Gasteiger partial charge in [-0.1, -0.05) is 42.5 Å². The smallest absolute Gasteiger partial charge is 0.417 e. The monoisotopic (exact) mass is 870 g/mol. The van der Waals surface area contributed by atoms with Crippen LogP contribution in [0.25, 0.3) is 6.08 Å². The molecule has 0 heterocycles. The molecule has 0 bridgehead atoms. The summed E-state index contributed by atoms with van der Waals surface area (Å²) in [5.41, 5.74) is 1.14. The zero-order valence-corrected chi connectivity index (χ0v) is 45.6. The molecule has 0 saturated heterocycles. The van der Waals surface area contributed by atoms with Crippen molar-refractivity contribution in [2.24, 2.45) is 0 Å². The highest BCUT2D eigenvalue weighted by Crippen LogP contribution is 2.38. The molecule has 1 rings (SSSR count). The van der Waals surface area contributed by atoms with Gasteiger partial charge in [-0.3, -0.25) is 0 Å². The van der Waals surface area contributed by atoms with Gasteiger partial charge in [0.15, 0.2) is 58.2 Å². The fourth-order valence-corrected chi connectivity index (χ4v) is 39.7. The first-order valence-electron chi connectivity index (χ1n) is 18.0. The Morgan fingerprint density at radius 2 is 0.680 bits per heavy atom. The minimum absolute atomic E-state index is 0.542. The highest BCUT2D eigenvalue weighted by molar-refractivity contribution is 6.95. The van der Waals surface area contributed by atoms with Crippen molar-refractivity contribution in [3.8, 4) is 0 Å². The molecule has 50 heavy (non-hydrogen) atoms. The van der Waals surface area contributed by atoms with Gasteiger partial charge in [0.05, 0.1) is 0 Å². The van der Waals surface area contributed by atoms with Gasteiger partial charge in [0.2, 0.25) is 0 Å². The lowest BCUT2D eigenvalue weighted by atomic mass is 10.2. The summed E-state index contributed by atoms with van der Waals surface area (Å²) >= 11 is 0. The maximum Gasteiger partial charge on any atom is 0.645 e. The Morgan fingerprint density at radius 1 is 0.380 bits per heavy atom. The molecule has 0 unspecified atom stereocenters. The van der Waals surface area contributed by atoms with E-state index in [0.717, 1.165) is 5.56 Å². The topological polar surface area (TPSA) is 83.1 Å². The lowest BCUT2D eigenvalue weighted by Crippen LogP contribution is -2.74. The van der Waals surface area contributed by atoms with Gasteiger partial charge in [-0.05, 0) is 149 Å². The molecule has 0 fully saturated rings. The zero-order valence-electron chi connectivity index (χ0n) is 35.6. The molecule has 0 amide bonds. The molecule has 0 atom stereocenters. The van der Waals surface area contributed by atoms with E-state index in [1.807, 2.05) is 18.2 Å². The predicted molar refractivity (Wildman–Crippen MR) is 235 cm³/mol. The van der Waals surface area contributed by atoms with E-state index in [1.165, 1.54) is 0 Å². The maximum absolute atomic E-state index is 7.59. The summed E-state index contributed by atoms with van der Waals surface area (Å²) in [5, 5.41) is 0. The first kappa shape index (κ1) is 48.8. The van der Waals surface area contributed by atoms with Crippen molar-refractivity contribution < 1.29 is 37.0 Å². The average molecular weight is 872 g/mol. The van der Waals surface area contributed by atoms with E-state index in [2.05, 4.69) is 162 Å². The van der Waals surface area contributed by atoms with Crippen LogP contribution in [0, 0.1) is 0 Å². The number of hydrogen-bond donors (Lipinski definition) is 0. The highest BCUT2D eigenvalue weighted by atomic mass is 28.6. The number of allylic oxidation sites excluding steroid dienone is 1. The Kier molecular flexibility index (Phi) is 17.3. The van der Waals surface area contributed by atoms with Crippen molar-refractivity contribution in [1.29, 1.82) is 0 Å². The van der Waals surface area contributed by atoms with Crippen molar-refractivity contribution in [3.05, 3.63) is 42.0 Å². The van der Waals surface area contributed by atoms with Crippen LogP contribution in [0.1, 0.15) is 12.0 Å². The van der Waals surface area contributed by atoms with Crippen LogP contribution < -0.4 is 0 Å². The molecule has 0 aliphatic carbocycles. The quantitative estimate of drug-likeness (QED) is 0.106. The molecule has 0 aliphatic heterocycles. The summed E-state index contributed by atoms with van der Waals surface area (Å²) in [6.07, 6.45) is 5.01. The van der Waals surface area contributed by atoms with Crippen LogP contribution in [0.2, 0.25) is 144 Å². The third kappa shape index (κ3) is 22.2. The Morgan fingerprint density at radius 3 is 0.980 bits per heavy atom. The highest BCUT2D eigenvalue weighted by Gasteiger charge is 2.68. The van der Waals surface area contributed by atoms with Crippen LogP contribution in [0.3, 0.4) is 0 Å². The minimum atomic E-state index is -4.25. The van der Waals surface area contributed by atoms with E-state index in [4.69, 9.17) is 37.0 Å². The lowest BCUT2D eigenvalue weighted by molar-refractivity contribution is 0.0507. The van der Waals surface area contributed by atoms with Gasteiger partial charge < -0.3 is 37.0 Å². The van der Waals surface area contributed by atoms with Gasteiger partial charge in [-0.25, -0.2) is 0 Å². The molecule has 1 aromatic rings. The van der Waals surface area contributed by atoms with Gasteiger partial charge in [-0.2, -0.15) is 0 Å². The van der Waals surface area contributed by atoms with Crippen molar-refractivity contribution in [3.63, 3.8) is 0 Å². The van der Waals surface area contributed by atoms with Crippen LogP contribution in [-0.4, -0.2) is 85.1 Å². The van der Waals surface area contributed by atoms with Crippen LogP contribution in [0.5, 0.6) is 0 Å². The van der Waals surface area contributed by atoms with Crippen LogP contribution in [0.4, 0.5) is 0 Å². The SMILES string of the molecule is C[Si](C)(C)O[Si](CCC=Cc1ccccc1)(O[Si](C)(C)C)O[Si](O[Si](C)(C)C)(O[Si](C)(C)C)O[Si](O[Si](C)(C)C)(O[Si](C)(C)C)O[Si](C)(C)C. The van der Waals surface area contributed by atoms with Crippen LogP contribution in [0.15, 0.2) is 36.4 Å². The molecule has 9 nitrogen and oxygen atoms in total. The Balaban J connectivity index is 4.24. The molecule has 0 aliphatic rings. The van der Waals surface area contributed by atoms with Crippen molar-refractivity contribution in [2.75, 3.05) is 0 Å². The number of hydrogen-bond acceptors (Lipinski definition) is 9. The van der Waals surface area contributed by atoms with E-state index < -0.39 is 85.1 Å². The van der Waals surface area contributed by atoms with E-state index in [0.29, 0.717) is 12.5 Å². The Labute approximate surface area is 318 Å². The summed E-state index contributed by atoms with van der Waals surface area (Å²) in [7, 11) is -28.4. The predicted octanol–water partition coefficient (Wildman–Crippen LogP) is 10.9. The Hall–Kier alpha value is 0.769. The largest absolute Gasteiger partial charge is 0.645 e. The van der Waals surface area contributed by atoms with E-state index in [1.54, 1.807) is 0 Å². The zero-order chi connectivity index (χ0) is 39.3. The van der Waals surface area contributed by atoms with E-state index in [9.17, 15) is 0 Å². The second-order valence-corrected chi connectivity index (χ2v) is 60.5. The third-order valence-electron chi connectivity index (χ3n) is 5.34. The normalized spacial score (nSPS) is 15.3. The molecular weight excluding hydrogens is 797 g/mol. The summed E-state index contributed by atoms with van der Waals surface area (Å²) in [6, 6.07) is 10.9. The summed E-state index contributed by atoms with van der Waals surface area (Å²) < 4.78 is 65.2. The standard InChI is InChI=1S/C31H74O9Si10/c1-41(2,3)32-48(33-42(4,5)6,30-26-25-29-31-27-23-22-24-28-31)39-50(37-46(16,17)18,38-47(19,20)21)40-49(34-43(7,8)9,35-44(10,11)12)36-45(13,14)15/h22-25,27-29H,26,30H2,1-21H3. The molecule has 0 aromatic heterocycles. The number of benzene rings is 1. The fraction of sp³-hybridized carbons (Fsp3) is 0.742. The molecular formula is C31H74O9Si10.